The summed E-state index contributed by atoms with van der Waals surface area (Å²) in [6, 6.07) is 1.21. The third-order valence-electron chi connectivity index (χ3n) is 2.72. The molecule has 1 aromatic heterocycles. The summed E-state index contributed by atoms with van der Waals surface area (Å²) in [5, 5.41) is 3.01. The smallest absolute Gasteiger partial charge is 0.434 e. The summed E-state index contributed by atoms with van der Waals surface area (Å²) in [5.74, 6) is -1.02. The second kappa shape index (κ2) is 4.56. The lowest BCUT2D eigenvalue weighted by Gasteiger charge is -2.19. The van der Waals surface area contributed by atoms with Crippen LogP contribution in [0.3, 0.4) is 0 Å². The molecule has 0 spiro atoms. The van der Waals surface area contributed by atoms with Crippen LogP contribution in [-0.4, -0.2) is 24.6 Å². The van der Waals surface area contributed by atoms with Crippen LogP contribution in [0.2, 0.25) is 0 Å². The van der Waals surface area contributed by atoms with E-state index in [4.69, 9.17) is 0 Å². The summed E-state index contributed by atoms with van der Waals surface area (Å²) < 4.78 is 42.9. The molecule has 4 nitrogen and oxygen atoms in total. The first-order valence-corrected chi connectivity index (χ1v) is 5.32. The Balaban J connectivity index is 2.58. The Kier molecular flexibility index (Phi) is 3.25. The Morgan fingerprint density at radius 1 is 1.50 bits per heavy atom. The highest BCUT2D eigenvalue weighted by molar-refractivity contribution is 5.91. The number of hydrogen-bond acceptors (Lipinski definition) is 4. The van der Waals surface area contributed by atoms with E-state index in [2.05, 4.69) is 15.0 Å². The fourth-order valence-corrected chi connectivity index (χ4v) is 1.87. The van der Waals surface area contributed by atoms with Crippen LogP contribution in [0, 0.1) is 0 Å². The zero-order chi connectivity index (χ0) is 13.3. The third kappa shape index (κ3) is 2.31. The number of nitrogens with zero attached hydrogens (tertiary/aromatic N) is 1. The van der Waals surface area contributed by atoms with Gasteiger partial charge in [0.1, 0.15) is 0 Å². The minimum Gasteiger partial charge on any atom is -0.465 e. The van der Waals surface area contributed by atoms with Gasteiger partial charge in [0.05, 0.1) is 12.7 Å². The van der Waals surface area contributed by atoms with Gasteiger partial charge in [0, 0.05) is 25.2 Å². The van der Waals surface area contributed by atoms with E-state index in [0.29, 0.717) is 30.8 Å². The van der Waals surface area contributed by atoms with Gasteiger partial charge in [0.15, 0.2) is 5.69 Å². The quantitative estimate of drug-likeness (QED) is 0.778. The van der Waals surface area contributed by atoms with Gasteiger partial charge in [-0.05, 0) is 11.6 Å². The van der Waals surface area contributed by atoms with Crippen LogP contribution >= 0.6 is 0 Å². The first kappa shape index (κ1) is 12.8. The molecular weight excluding hydrogens is 249 g/mol. The molecule has 0 bridgehead atoms. The largest absolute Gasteiger partial charge is 0.465 e. The number of nitrogens with one attached hydrogen (secondary N) is 1. The number of ether oxygens (including phenoxy) is 1. The predicted molar refractivity (Wildman–Crippen MR) is 56.0 cm³/mol. The van der Waals surface area contributed by atoms with E-state index < -0.39 is 23.4 Å². The minimum atomic E-state index is -4.66. The number of aromatic nitrogens is 1. The monoisotopic (exact) mass is 260 g/mol. The van der Waals surface area contributed by atoms with Crippen LogP contribution in [-0.2, 0) is 23.9 Å². The lowest BCUT2D eigenvalue weighted by atomic mass is 10.0. The highest BCUT2D eigenvalue weighted by Gasteiger charge is 2.38. The van der Waals surface area contributed by atoms with Crippen molar-refractivity contribution < 1.29 is 22.7 Å². The van der Waals surface area contributed by atoms with Crippen molar-refractivity contribution in [3.8, 4) is 0 Å². The number of fused-ring (bicyclic) bond motifs is 1. The number of methoxy groups -OCH3 is 1. The van der Waals surface area contributed by atoms with Crippen molar-refractivity contribution >= 4 is 5.97 Å². The summed E-state index contributed by atoms with van der Waals surface area (Å²) in [7, 11) is 1.04. The first-order chi connectivity index (χ1) is 8.43. The molecule has 18 heavy (non-hydrogen) atoms. The molecule has 2 rings (SSSR count). The number of halogens is 3. The maximum Gasteiger partial charge on any atom is 0.434 e. The van der Waals surface area contributed by atoms with Crippen molar-refractivity contribution in [3.05, 3.63) is 28.6 Å². The van der Waals surface area contributed by atoms with Crippen LogP contribution in [0.15, 0.2) is 6.07 Å². The van der Waals surface area contributed by atoms with E-state index in [0.717, 1.165) is 7.11 Å². The molecule has 0 atom stereocenters. The molecule has 0 saturated carbocycles. The van der Waals surface area contributed by atoms with E-state index in [1.54, 1.807) is 0 Å². The lowest BCUT2D eigenvalue weighted by molar-refractivity contribution is -0.141. The van der Waals surface area contributed by atoms with Gasteiger partial charge in [0.25, 0.3) is 0 Å². The van der Waals surface area contributed by atoms with Crippen molar-refractivity contribution in [1.82, 2.24) is 10.3 Å². The van der Waals surface area contributed by atoms with Crippen LogP contribution in [0.5, 0.6) is 0 Å². The fraction of sp³-hybridized carbons (Fsp3) is 0.455. The van der Waals surface area contributed by atoms with Crippen LogP contribution in [0.1, 0.15) is 27.3 Å². The molecule has 0 unspecified atom stereocenters. The van der Waals surface area contributed by atoms with Crippen molar-refractivity contribution in [1.29, 1.82) is 0 Å². The molecule has 0 saturated heterocycles. The van der Waals surface area contributed by atoms with Gasteiger partial charge in [-0.1, -0.05) is 0 Å². The van der Waals surface area contributed by atoms with Gasteiger partial charge in [0.2, 0.25) is 0 Å². The highest BCUT2D eigenvalue weighted by atomic mass is 19.4. The van der Waals surface area contributed by atoms with E-state index in [-0.39, 0.29) is 0 Å². The van der Waals surface area contributed by atoms with Gasteiger partial charge in [-0.15, -0.1) is 0 Å². The molecule has 2 heterocycles. The third-order valence-corrected chi connectivity index (χ3v) is 2.72. The zero-order valence-electron chi connectivity index (χ0n) is 9.60. The average Bonchev–Trinajstić information content (AvgIpc) is 2.35. The molecule has 0 aliphatic carbocycles. The van der Waals surface area contributed by atoms with E-state index in [1.165, 1.54) is 6.07 Å². The van der Waals surface area contributed by atoms with E-state index >= 15 is 0 Å². The number of rotatable bonds is 1. The molecule has 0 amide bonds. The maximum atomic E-state index is 12.8. The minimum absolute atomic E-state index is 0.383. The number of esters is 1. The second-order valence-electron chi connectivity index (χ2n) is 3.91. The van der Waals surface area contributed by atoms with E-state index in [1.807, 2.05) is 0 Å². The molecule has 1 aromatic rings. The number of alkyl halides is 3. The SMILES string of the molecule is COC(=O)c1cc2c(nc1C(F)(F)F)CCNC2. The first-order valence-electron chi connectivity index (χ1n) is 5.32. The summed E-state index contributed by atoms with van der Waals surface area (Å²) in [6.45, 7) is 0.985. The predicted octanol–water partition coefficient (Wildman–Crippen LogP) is 1.53. The average molecular weight is 260 g/mol. The zero-order valence-corrected chi connectivity index (χ0v) is 9.60. The molecule has 1 N–H and O–H groups in total. The second-order valence-corrected chi connectivity index (χ2v) is 3.91. The lowest BCUT2D eigenvalue weighted by Crippen LogP contribution is -2.27. The number of pyridine rings is 1. The standard InChI is InChI=1S/C11H11F3N2O2/c1-18-10(17)7-4-6-5-15-3-2-8(6)16-9(7)11(12,13)14/h4,15H,2-3,5H2,1H3. The summed E-state index contributed by atoms with van der Waals surface area (Å²) in [6.07, 6.45) is -4.25. The van der Waals surface area contributed by atoms with Gasteiger partial charge in [-0.2, -0.15) is 13.2 Å². The highest BCUT2D eigenvalue weighted by Crippen LogP contribution is 2.32. The van der Waals surface area contributed by atoms with Crippen molar-refractivity contribution in [2.24, 2.45) is 0 Å². The van der Waals surface area contributed by atoms with Crippen LogP contribution < -0.4 is 5.32 Å². The fourth-order valence-electron chi connectivity index (χ4n) is 1.87. The van der Waals surface area contributed by atoms with Gasteiger partial charge < -0.3 is 10.1 Å². The summed E-state index contributed by atoms with van der Waals surface area (Å²) >= 11 is 0. The van der Waals surface area contributed by atoms with Gasteiger partial charge in [-0.25, -0.2) is 9.78 Å². The molecule has 1 aliphatic heterocycles. The Morgan fingerprint density at radius 3 is 2.83 bits per heavy atom. The topological polar surface area (TPSA) is 51.2 Å². The Bertz CT molecular complexity index is 486. The maximum absolute atomic E-state index is 12.8. The number of hydrogen-bond donors (Lipinski definition) is 1. The molecule has 0 radical (unpaired) electrons. The Hall–Kier alpha value is -1.63. The molecule has 0 aromatic carbocycles. The van der Waals surface area contributed by atoms with Crippen molar-refractivity contribution in [3.63, 3.8) is 0 Å². The summed E-state index contributed by atoms with van der Waals surface area (Å²) in [4.78, 5) is 15.0. The van der Waals surface area contributed by atoms with Crippen molar-refractivity contribution in [2.75, 3.05) is 13.7 Å². The Labute approximate surface area is 101 Å². The molecular formula is C11H11F3N2O2. The Morgan fingerprint density at radius 2 is 2.22 bits per heavy atom. The van der Waals surface area contributed by atoms with Gasteiger partial charge in [-0.3, -0.25) is 0 Å². The number of carbonyl (C=O) groups is 1. The molecule has 98 valence electrons. The van der Waals surface area contributed by atoms with Crippen LogP contribution in [0.25, 0.3) is 0 Å². The normalized spacial score (nSPS) is 15.1. The van der Waals surface area contributed by atoms with Crippen LogP contribution in [0.4, 0.5) is 13.2 Å². The van der Waals surface area contributed by atoms with Gasteiger partial charge >= 0.3 is 12.1 Å². The molecule has 0 fully saturated rings. The summed E-state index contributed by atoms with van der Waals surface area (Å²) in [5.41, 5.74) is -0.717. The molecule has 1 aliphatic rings. The molecule has 7 heteroatoms. The van der Waals surface area contributed by atoms with Crippen molar-refractivity contribution in [2.45, 2.75) is 19.1 Å². The number of carbonyl (C=O) groups excluding carboxylic acids is 1. The van der Waals surface area contributed by atoms with E-state index in [9.17, 15) is 18.0 Å².